The van der Waals surface area contributed by atoms with Gasteiger partial charge < -0.3 is 5.73 Å². The van der Waals surface area contributed by atoms with Gasteiger partial charge in [-0.1, -0.05) is 36.4 Å². The van der Waals surface area contributed by atoms with Gasteiger partial charge in [0.15, 0.2) is 11.6 Å². The molecule has 0 unspecified atom stereocenters. The fourth-order valence-corrected chi connectivity index (χ4v) is 2.49. The quantitative estimate of drug-likeness (QED) is 0.731. The molecule has 0 spiro atoms. The van der Waals surface area contributed by atoms with Crippen LogP contribution >= 0.6 is 0 Å². The normalized spacial score (nSPS) is 10.8. The van der Waals surface area contributed by atoms with Crippen LogP contribution in [0.4, 0.5) is 5.69 Å². The van der Waals surface area contributed by atoms with E-state index in [4.69, 9.17) is 5.73 Å². The van der Waals surface area contributed by atoms with Crippen LogP contribution in [0.5, 0.6) is 0 Å². The second-order valence-electron chi connectivity index (χ2n) is 5.29. The molecule has 0 amide bonds. The zero-order valence-corrected chi connectivity index (χ0v) is 12.5. The number of nitrogens with zero attached hydrogens (tertiary/aromatic N) is 3. The minimum absolute atomic E-state index is 0.714. The van der Waals surface area contributed by atoms with Gasteiger partial charge in [0.1, 0.15) is 0 Å². The van der Waals surface area contributed by atoms with Crippen molar-refractivity contribution in [1.29, 1.82) is 0 Å². The molecule has 0 saturated carbocycles. The van der Waals surface area contributed by atoms with Gasteiger partial charge in [0.2, 0.25) is 0 Å². The second-order valence-corrected chi connectivity index (χ2v) is 5.29. The van der Waals surface area contributed by atoms with Crippen LogP contribution in [0.15, 0.2) is 42.5 Å². The van der Waals surface area contributed by atoms with Crippen LogP contribution < -0.4 is 5.73 Å². The molecular weight excluding hydrogens is 260 g/mol. The van der Waals surface area contributed by atoms with E-state index in [9.17, 15) is 0 Å². The van der Waals surface area contributed by atoms with Crippen molar-refractivity contribution in [2.45, 2.75) is 13.8 Å². The van der Waals surface area contributed by atoms with Crippen LogP contribution in [0.3, 0.4) is 0 Å². The Bertz CT molecular complexity index is 788. The lowest BCUT2D eigenvalue weighted by Gasteiger charge is -2.09. The highest BCUT2D eigenvalue weighted by molar-refractivity contribution is 5.76. The number of aromatic nitrogens is 3. The van der Waals surface area contributed by atoms with Crippen molar-refractivity contribution in [3.63, 3.8) is 0 Å². The maximum atomic E-state index is 6.22. The zero-order chi connectivity index (χ0) is 15.0. The minimum Gasteiger partial charge on any atom is -0.398 e. The number of hydrogen-bond acceptors (Lipinski definition) is 3. The Morgan fingerprint density at radius 2 is 1.76 bits per heavy atom. The summed E-state index contributed by atoms with van der Waals surface area (Å²) in [4.78, 5) is 4.67. The maximum absolute atomic E-state index is 6.22. The minimum atomic E-state index is 0.714. The number of nitrogen functional groups attached to an aromatic ring is 1. The molecule has 0 radical (unpaired) electrons. The molecule has 0 aliphatic rings. The monoisotopic (exact) mass is 278 g/mol. The summed E-state index contributed by atoms with van der Waals surface area (Å²) in [5.41, 5.74) is 11.1. The summed E-state index contributed by atoms with van der Waals surface area (Å²) in [6.45, 7) is 4.07. The van der Waals surface area contributed by atoms with Gasteiger partial charge in [-0.2, -0.15) is 5.10 Å². The predicted molar refractivity (Wildman–Crippen MR) is 85.8 cm³/mol. The van der Waals surface area contributed by atoms with Gasteiger partial charge in [0.25, 0.3) is 0 Å². The molecule has 106 valence electrons. The molecule has 4 heteroatoms. The Kier molecular flexibility index (Phi) is 3.22. The summed E-state index contributed by atoms with van der Waals surface area (Å²) in [5, 5.41) is 4.51. The molecule has 0 fully saturated rings. The van der Waals surface area contributed by atoms with E-state index in [2.05, 4.69) is 29.1 Å². The molecule has 1 aromatic heterocycles. The van der Waals surface area contributed by atoms with Crippen LogP contribution in [0.25, 0.3) is 22.8 Å². The number of nitrogens with two attached hydrogens (primary N) is 1. The van der Waals surface area contributed by atoms with Crippen LogP contribution in [-0.4, -0.2) is 14.8 Å². The third-order valence-corrected chi connectivity index (χ3v) is 3.57. The Morgan fingerprint density at radius 1 is 1.05 bits per heavy atom. The number of benzene rings is 2. The van der Waals surface area contributed by atoms with Gasteiger partial charge >= 0.3 is 0 Å². The van der Waals surface area contributed by atoms with Crippen molar-refractivity contribution < 1.29 is 0 Å². The SMILES string of the molecule is Cc1cc(C)c(N)c(-c2nc(-c3ccccc3)nn2C)c1. The fourth-order valence-electron chi connectivity index (χ4n) is 2.49. The van der Waals surface area contributed by atoms with Gasteiger partial charge in [-0.05, 0) is 31.0 Å². The molecule has 3 aromatic rings. The first-order chi connectivity index (χ1) is 10.1. The fraction of sp³-hybridized carbons (Fsp3) is 0.176. The van der Waals surface area contributed by atoms with Gasteiger partial charge in [0, 0.05) is 23.9 Å². The number of anilines is 1. The smallest absolute Gasteiger partial charge is 0.181 e. The van der Waals surface area contributed by atoms with Crippen molar-refractivity contribution in [3.05, 3.63) is 53.6 Å². The summed E-state index contributed by atoms with van der Waals surface area (Å²) in [5.74, 6) is 1.50. The first-order valence-electron chi connectivity index (χ1n) is 6.90. The van der Waals surface area contributed by atoms with Crippen LogP contribution in [-0.2, 0) is 7.05 Å². The lowest BCUT2D eigenvalue weighted by atomic mass is 10.0. The predicted octanol–water partition coefficient (Wildman–Crippen LogP) is 3.35. The van der Waals surface area contributed by atoms with E-state index in [0.29, 0.717) is 5.82 Å². The molecule has 4 nitrogen and oxygen atoms in total. The molecule has 1 heterocycles. The van der Waals surface area contributed by atoms with Crippen LogP contribution in [0.1, 0.15) is 11.1 Å². The van der Waals surface area contributed by atoms with Crippen molar-refractivity contribution in [2.75, 3.05) is 5.73 Å². The molecule has 3 rings (SSSR count). The highest BCUT2D eigenvalue weighted by Gasteiger charge is 2.14. The van der Waals surface area contributed by atoms with Crippen LogP contribution in [0.2, 0.25) is 0 Å². The van der Waals surface area contributed by atoms with E-state index in [0.717, 1.165) is 28.2 Å². The number of rotatable bonds is 2. The first-order valence-corrected chi connectivity index (χ1v) is 6.90. The summed E-state index contributed by atoms with van der Waals surface area (Å²) < 4.78 is 1.78. The van der Waals surface area contributed by atoms with E-state index in [-0.39, 0.29) is 0 Å². The van der Waals surface area contributed by atoms with Crippen molar-refractivity contribution in [1.82, 2.24) is 14.8 Å². The third kappa shape index (κ3) is 2.40. The molecule has 2 N–H and O–H groups in total. The average Bonchev–Trinajstić information content (AvgIpc) is 2.86. The highest BCUT2D eigenvalue weighted by Crippen LogP contribution is 2.29. The van der Waals surface area contributed by atoms with Gasteiger partial charge in [-0.15, -0.1) is 0 Å². The summed E-state index contributed by atoms with van der Waals surface area (Å²) in [6.07, 6.45) is 0. The molecule has 0 aliphatic heterocycles. The molecule has 0 saturated heterocycles. The standard InChI is InChI=1S/C17H18N4/c1-11-9-12(2)15(18)14(10-11)17-19-16(20-21(17)3)13-7-5-4-6-8-13/h4-10H,18H2,1-3H3. The Labute approximate surface area is 124 Å². The molecular formula is C17H18N4. The Hall–Kier alpha value is -2.62. The summed E-state index contributed by atoms with van der Waals surface area (Å²) >= 11 is 0. The van der Waals surface area contributed by atoms with E-state index in [1.54, 1.807) is 4.68 Å². The molecule has 0 bridgehead atoms. The Morgan fingerprint density at radius 3 is 2.48 bits per heavy atom. The van der Waals surface area contributed by atoms with Crippen molar-refractivity contribution in [2.24, 2.45) is 7.05 Å². The average molecular weight is 278 g/mol. The number of aryl methyl sites for hydroxylation is 3. The van der Waals surface area contributed by atoms with Crippen molar-refractivity contribution in [3.8, 4) is 22.8 Å². The lowest BCUT2D eigenvalue weighted by molar-refractivity contribution is 0.777. The lowest BCUT2D eigenvalue weighted by Crippen LogP contribution is -2.00. The molecule has 2 aromatic carbocycles. The number of hydrogen-bond donors (Lipinski definition) is 1. The molecule has 21 heavy (non-hydrogen) atoms. The summed E-state index contributed by atoms with van der Waals surface area (Å²) in [7, 11) is 1.89. The van der Waals surface area contributed by atoms with Gasteiger partial charge in [0.05, 0.1) is 0 Å². The third-order valence-electron chi connectivity index (χ3n) is 3.57. The second kappa shape index (κ2) is 5.05. The van der Waals surface area contributed by atoms with Gasteiger partial charge in [-0.25, -0.2) is 9.67 Å². The van der Waals surface area contributed by atoms with Crippen LogP contribution in [0, 0.1) is 13.8 Å². The maximum Gasteiger partial charge on any atom is 0.181 e. The first kappa shape index (κ1) is 13.4. The Balaban J connectivity index is 2.15. The molecule has 0 aliphatic carbocycles. The highest BCUT2D eigenvalue weighted by atomic mass is 15.3. The topological polar surface area (TPSA) is 56.7 Å². The van der Waals surface area contributed by atoms with Crippen molar-refractivity contribution >= 4 is 5.69 Å². The van der Waals surface area contributed by atoms with Gasteiger partial charge in [-0.3, -0.25) is 0 Å². The van der Waals surface area contributed by atoms with E-state index >= 15 is 0 Å². The zero-order valence-electron chi connectivity index (χ0n) is 12.5. The molecule has 0 atom stereocenters. The van der Waals surface area contributed by atoms with E-state index < -0.39 is 0 Å². The van der Waals surface area contributed by atoms with E-state index in [1.165, 1.54) is 5.56 Å². The van der Waals surface area contributed by atoms with E-state index in [1.807, 2.05) is 44.3 Å². The summed E-state index contributed by atoms with van der Waals surface area (Å²) in [6, 6.07) is 14.1. The largest absolute Gasteiger partial charge is 0.398 e.